The summed E-state index contributed by atoms with van der Waals surface area (Å²) in [6, 6.07) is 3.67. The number of methoxy groups -OCH3 is 1. The average molecular weight is 252 g/mol. The molecule has 0 heterocycles. The Kier molecular flexibility index (Phi) is 4.14. The van der Waals surface area contributed by atoms with Gasteiger partial charge in [0.05, 0.1) is 12.8 Å². The monoisotopic (exact) mass is 252 g/mol. The Labute approximate surface area is 105 Å². The van der Waals surface area contributed by atoms with Crippen LogP contribution in [-0.4, -0.2) is 42.1 Å². The molecule has 6 nitrogen and oxygen atoms in total. The molecule has 0 aliphatic carbocycles. The van der Waals surface area contributed by atoms with Gasteiger partial charge >= 0.3 is 5.97 Å². The van der Waals surface area contributed by atoms with Gasteiger partial charge in [0.1, 0.15) is 11.8 Å². The molecule has 6 heteroatoms. The predicted octanol–water partition coefficient (Wildman–Crippen LogP) is 0.823. The smallest absolute Gasteiger partial charge is 0.326 e. The summed E-state index contributed by atoms with van der Waals surface area (Å²) >= 11 is 0. The van der Waals surface area contributed by atoms with Crippen LogP contribution in [0.5, 0.6) is 5.75 Å². The van der Waals surface area contributed by atoms with Crippen LogP contribution >= 0.6 is 0 Å². The van der Waals surface area contributed by atoms with Gasteiger partial charge < -0.3 is 20.5 Å². The quantitative estimate of drug-likeness (QED) is 0.774. The van der Waals surface area contributed by atoms with Crippen molar-refractivity contribution in [2.75, 3.05) is 19.9 Å². The molecule has 0 spiro atoms. The molecule has 18 heavy (non-hydrogen) atoms. The number of hydrogen-bond acceptors (Lipinski definition) is 4. The van der Waals surface area contributed by atoms with E-state index < -0.39 is 17.9 Å². The largest absolute Gasteiger partial charge is 0.495 e. The summed E-state index contributed by atoms with van der Waals surface area (Å²) in [7, 11) is 2.88. The minimum absolute atomic E-state index is 0.330. The molecule has 0 fully saturated rings. The molecule has 1 aromatic carbocycles. The van der Waals surface area contributed by atoms with E-state index in [4.69, 9.17) is 15.6 Å². The lowest BCUT2D eigenvalue weighted by Crippen LogP contribution is -2.40. The SMILES string of the molecule is COc1cc(C(=O)N(C)[C@@H](C)C(=O)O)ccc1N. The number of carboxylic acid groups (broad SMARTS) is 1. The molecule has 1 rings (SSSR count). The molecule has 98 valence electrons. The van der Waals surface area contributed by atoms with Gasteiger partial charge in [-0.1, -0.05) is 0 Å². The number of hydrogen-bond donors (Lipinski definition) is 2. The number of amides is 1. The first kappa shape index (κ1) is 13.8. The van der Waals surface area contributed by atoms with Crippen molar-refractivity contribution >= 4 is 17.6 Å². The van der Waals surface area contributed by atoms with Crippen LogP contribution in [0.25, 0.3) is 0 Å². The molecule has 0 saturated carbocycles. The van der Waals surface area contributed by atoms with E-state index in [1.54, 1.807) is 6.07 Å². The average Bonchev–Trinajstić information content (AvgIpc) is 2.36. The zero-order chi connectivity index (χ0) is 13.9. The van der Waals surface area contributed by atoms with Crippen molar-refractivity contribution < 1.29 is 19.4 Å². The van der Waals surface area contributed by atoms with Gasteiger partial charge in [0.2, 0.25) is 0 Å². The van der Waals surface area contributed by atoms with E-state index in [1.165, 1.54) is 33.2 Å². The van der Waals surface area contributed by atoms with Gasteiger partial charge in [0.15, 0.2) is 0 Å². The van der Waals surface area contributed by atoms with Crippen LogP contribution in [0, 0.1) is 0 Å². The van der Waals surface area contributed by atoms with Crippen molar-refractivity contribution in [3.63, 3.8) is 0 Å². The highest BCUT2D eigenvalue weighted by Gasteiger charge is 2.23. The Morgan fingerprint density at radius 2 is 2.06 bits per heavy atom. The van der Waals surface area contributed by atoms with Crippen molar-refractivity contribution in [3.05, 3.63) is 23.8 Å². The molecule has 3 N–H and O–H groups in total. The number of nitrogen functional groups attached to an aromatic ring is 1. The van der Waals surface area contributed by atoms with Crippen LogP contribution < -0.4 is 10.5 Å². The highest BCUT2D eigenvalue weighted by Crippen LogP contribution is 2.23. The molecule has 0 unspecified atom stereocenters. The first-order valence-electron chi connectivity index (χ1n) is 5.32. The normalized spacial score (nSPS) is 11.7. The maximum atomic E-state index is 12.0. The minimum atomic E-state index is -1.06. The third kappa shape index (κ3) is 2.71. The van der Waals surface area contributed by atoms with Gasteiger partial charge in [0, 0.05) is 12.6 Å². The molecule has 1 amide bonds. The molecular formula is C12H16N2O4. The zero-order valence-electron chi connectivity index (χ0n) is 10.5. The summed E-state index contributed by atoms with van der Waals surface area (Å²) < 4.78 is 5.01. The van der Waals surface area contributed by atoms with Crippen LogP contribution in [0.2, 0.25) is 0 Å². The number of carbonyl (C=O) groups excluding carboxylic acids is 1. The molecule has 0 aliphatic heterocycles. The van der Waals surface area contributed by atoms with Gasteiger partial charge in [-0.15, -0.1) is 0 Å². The Balaban J connectivity index is 3.00. The second-order valence-electron chi connectivity index (χ2n) is 3.89. The summed E-state index contributed by atoms with van der Waals surface area (Å²) in [6.07, 6.45) is 0. The third-order valence-corrected chi connectivity index (χ3v) is 2.74. The summed E-state index contributed by atoms with van der Waals surface area (Å²) in [5.74, 6) is -1.08. The second kappa shape index (κ2) is 5.39. The molecule has 0 aromatic heterocycles. The Hall–Kier alpha value is -2.24. The van der Waals surface area contributed by atoms with Gasteiger partial charge in [-0.3, -0.25) is 4.79 Å². The first-order valence-corrected chi connectivity index (χ1v) is 5.32. The summed E-state index contributed by atoms with van der Waals surface area (Å²) in [4.78, 5) is 24.0. The molecule has 0 bridgehead atoms. The Morgan fingerprint density at radius 1 is 1.44 bits per heavy atom. The zero-order valence-corrected chi connectivity index (χ0v) is 10.5. The van der Waals surface area contributed by atoms with E-state index in [9.17, 15) is 9.59 Å². The number of nitrogens with zero attached hydrogens (tertiary/aromatic N) is 1. The van der Waals surface area contributed by atoms with Gasteiger partial charge in [-0.25, -0.2) is 4.79 Å². The van der Waals surface area contributed by atoms with Crippen molar-refractivity contribution in [1.82, 2.24) is 4.90 Å². The number of likely N-dealkylation sites (N-methyl/N-ethyl adjacent to an activating group) is 1. The number of carbonyl (C=O) groups is 2. The number of rotatable bonds is 4. The molecular weight excluding hydrogens is 236 g/mol. The highest BCUT2D eigenvalue weighted by molar-refractivity contribution is 5.97. The lowest BCUT2D eigenvalue weighted by atomic mass is 10.1. The van der Waals surface area contributed by atoms with E-state index in [2.05, 4.69) is 0 Å². The lowest BCUT2D eigenvalue weighted by molar-refractivity contribution is -0.141. The van der Waals surface area contributed by atoms with E-state index in [0.29, 0.717) is 17.0 Å². The van der Waals surface area contributed by atoms with Crippen LogP contribution in [0.15, 0.2) is 18.2 Å². The second-order valence-corrected chi connectivity index (χ2v) is 3.89. The van der Waals surface area contributed by atoms with Gasteiger partial charge in [-0.05, 0) is 25.1 Å². The van der Waals surface area contributed by atoms with E-state index in [0.717, 1.165) is 4.90 Å². The lowest BCUT2D eigenvalue weighted by Gasteiger charge is -2.21. The van der Waals surface area contributed by atoms with Crippen LogP contribution in [0.3, 0.4) is 0 Å². The molecule has 0 saturated heterocycles. The topological polar surface area (TPSA) is 92.9 Å². The maximum absolute atomic E-state index is 12.0. The third-order valence-electron chi connectivity index (χ3n) is 2.74. The molecule has 1 atom stereocenters. The predicted molar refractivity (Wildman–Crippen MR) is 66.6 cm³/mol. The summed E-state index contributed by atoms with van der Waals surface area (Å²) in [5, 5.41) is 8.85. The van der Waals surface area contributed by atoms with E-state index in [1.807, 2.05) is 0 Å². The number of benzene rings is 1. The van der Waals surface area contributed by atoms with Crippen LogP contribution in [-0.2, 0) is 4.79 Å². The fraction of sp³-hybridized carbons (Fsp3) is 0.333. The Bertz CT molecular complexity index is 473. The number of carboxylic acids is 1. The van der Waals surface area contributed by atoms with E-state index in [-0.39, 0.29) is 0 Å². The molecule has 0 radical (unpaired) electrons. The molecule has 0 aliphatic rings. The number of aliphatic carboxylic acids is 1. The van der Waals surface area contributed by atoms with Crippen LogP contribution in [0.4, 0.5) is 5.69 Å². The number of nitrogens with two attached hydrogens (primary N) is 1. The van der Waals surface area contributed by atoms with Gasteiger partial charge in [-0.2, -0.15) is 0 Å². The fourth-order valence-electron chi connectivity index (χ4n) is 1.39. The first-order chi connectivity index (χ1) is 8.38. The molecule has 1 aromatic rings. The number of ether oxygens (including phenoxy) is 1. The standard InChI is InChI=1S/C12H16N2O4/c1-7(12(16)17)14(2)11(15)8-4-5-9(13)10(6-8)18-3/h4-7H,13H2,1-3H3,(H,16,17)/t7-/m0/s1. The van der Waals surface area contributed by atoms with Crippen molar-refractivity contribution in [3.8, 4) is 5.75 Å². The van der Waals surface area contributed by atoms with Gasteiger partial charge in [0.25, 0.3) is 5.91 Å². The van der Waals surface area contributed by atoms with Crippen molar-refractivity contribution in [2.45, 2.75) is 13.0 Å². The highest BCUT2D eigenvalue weighted by atomic mass is 16.5. The van der Waals surface area contributed by atoms with Crippen LogP contribution in [0.1, 0.15) is 17.3 Å². The van der Waals surface area contributed by atoms with Crippen molar-refractivity contribution in [1.29, 1.82) is 0 Å². The maximum Gasteiger partial charge on any atom is 0.326 e. The summed E-state index contributed by atoms with van der Waals surface area (Å²) in [5.41, 5.74) is 6.39. The Morgan fingerprint density at radius 3 is 2.56 bits per heavy atom. The van der Waals surface area contributed by atoms with E-state index >= 15 is 0 Å². The summed E-state index contributed by atoms with van der Waals surface area (Å²) in [6.45, 7) is 1.44. The number of anilines is 1. The minimum Gasteiger partial charge on any atom is -0.495 e. The van der Waals surface area contributed by atoms with Crippen molar-refractivity contribution in [2.24, 2.45) is 0 Å². The fourth-order valence-corrected chi connectivity index (χ4v) is 1.39.